The van der Waals surface area contributed by atoms with Crippen LogP contribution in [0.2, 0.25) is 0 Å². The van der Waals surface area contributed by atoms with Gasteiger partial charge in [0.2, 0.25) is 11.8 Å². The molecule has 1 N–H and O–H groups in total. The molecule has 29 heavy (non-hydrogen) atoms. The van der Waals surface area contributed by atoms with Gasteiger partial charge in [-0.2, -0.15) is 0 Å². The standard InChI is InChI=1S/C23H28N2O4/c1-5-17-11-10-12-18(6-2)22(17)25(16(4)26)15-21(27)24-20-14-9-8-13-19(20)23(28)29-7-3/h8-14H,5-7,15H2,1-4H3,(H,24,27). The molecule has 2 rings (SSSR count). The molecule has 0 radical (unpaired) electrons. The molecule has 0 spiro atoms. The lowest BCUT2D eigenvalue weighted by Crippen LogP contribution is -2.38. The summed E-state index contributed by atoms with van der Waals surface area (Å²) >= 11 is 0. The summed E-state index contributed by atoms with van der Waals surface area (Å²) in [5.74, 6) is -1.10. The van der Waals surface area contributed by atoms with Gasteiger partial charge >= 0.3 is 5.97 Å². The molecule has 0 saturated heterocycles. The third-order valence-electron chi connectivity index (χ3n) is 4.61. The number of rotatable bonds is 8. The number of benzene rings is 2. The summed E-state index contributed by atoms with van der Waals surface area (Å²) in [6, 6.07) is 12.6. The van der Waals surface area contributed by atoms with Gasteiger partial charge in [0.05, 0.1) is 23.5 Å². The van der Waals surface area contributed by atoms with Crippen molar-refractivity contribution in [2.75, 3.05) is 23.4 Å². The van der Waals surface area contributed by atoms with Crippen LogP contribution in [0.1, 0.15) is 49.2 Å². The molecule has 2 amide bonds. The fourth-order valence-corrected chi connectivity index (χ4v) is 3.22. The molecule has 0 aliphatic rings. The third-order valence-corrected chi connectivity index (χ3v) is 4.61. The topological polar surface area (TPSA) is 75.7 Å². The summed E-state index contributed by atoms with van der Waals surface area (Å²) in [6.45, 7) is 7.31. The van der Waals surface area contributed by atoms with Gasteiger partial charge in [0.15, 0.2) is 0 Å². The number of para-hydroxylation sites is 2. The number of carbonyl (C=O) groups is 3. The second-order valence-electron chi connectivity index (χ2n) is 6.55. The quantitative estimate of drug-likeness (QED) is 0.685. The second kappa shape index (κ2) is 10.4. The van der Waals surface area contributed by atoms with E-state index >= 15 is 0 Å². The van der Waals surface area contributed by atoms with E-state index in [0.29, 0.717) is 5.69 Å². The fraction of sp³-hybridized carbons (Fsp3) is 0.348. The summed E-state index contributed by atoms with van der Waals surface area (Å²) in [5.41, 5.74) is 3.46. The minimum Gasteiger partial charge on any atom is -0.462 e. The van der Waals surface area contributed by atoms with Crippen LogP contribution in [0.25, 0.3) is 0 Å². The predicted molar refractivity (Wildman–Crippen MR) is 114 cm³/mol. The van der Waals surface area contributed by atoms with Gasteiger partial charge in [0.25, 0.3) is 0 Å². The Kier molecular flexibility index (Phi) is 7.95. The average Bonchev–Trinajstić information content (AvgIpc) is 2.71. The van der Waals surface area contributed by atoms with Crippen molar-refractivity contribution in [3.8, 4) is 0 Å². The first-order chi connectivity index (χ1) is 13.9. The van der Waals surface area contributed by atoms with Gasteiger partial charge in [-0.05, 0) is 43.0 Å². The van der Waals surface area contributed by atoms with E-state index in [9.17, 15) is 14.4 Å². The van der Waals surface area contributed by atoms with Crippen LogP contribution in [0, 0.1) is 0 Å². The minimum absolute atomic E-state index is 0.142. The Labute approximate surface area is 171 Å². The number of nitrogens with one attached hydrogen (secondary N) is 1. The lowest BCUT2D eigenvalue weighted by atomic mass is 10.0. The van der Waals surface area contributed by atoms with E-state index in [0.717, 1.165) is 29.7 Å². The fourth-order valence-electron chi connectivity index (χ4n) is 3.22. The molecule has 0 unspecified atom stereocenters. The van der Waals surface area contributed by atoms with E-state index in [4.69, 9.17) is 4.74 Å². The number of esters is 1. The van der Waals surface area contributed by atoms with Crippen LogP contribution >= 0.6 is 0 Å². The summed E-state index contributed by atoms with van der Waals surface area (Å²) in [4.78, 5) is 38.8. The molecule has 154 valence electrons. The first-order valence-electron chi connectivity index (χ1n) is 9.87. The van der Waals surface area contributed by atoms with E-state index in [1.54, 1.807) is 31.2 Å². The molecule has 0 bridgehead atoms. The lowest BCUT2D eigenvalue weighted by molar-refractivity contribution is -0.120. The van der Waals surface area contributed by atoms with Crippen LogP contribution in [0.4, 0.5) is 11.4 Å². The molecule has 0 aromatic heterocycles. The number of nitrogens with zero attached hydrogens (tertiary/aromatic N) is 1. The molecule has 2 aromatic rings. The average molecular weight is 396 g/mol. The van der Waals surface area contributed by atoms with Crippen molar-refractivity contribution in [3.63, 3.8) is 0 Å². The van der Waals surface area contributed by atoms with E-state index < -0.39 is 5.97 Å². The maximum Gasteiger partial charge on any atom is 0.340 e. The molecule has 0 fully saturated rings. The molecule has 0 aliphatic heterocycles. The molecule has 0 aliphatic carbocycles. The van der Waals surface area contributed by atoms with Crippen molar-refractivity contribution in [1.29, 1.82) is 0 Å². The second-order valence-corrected chi connectivity index (χ2v) is 6.55. The van der Waals surface area contributed by atoms with Crippen LogP contribution in [0.15, 0.2) is 42.5 Å². The van der Waals surface area contributed by atoms with Gasteiger partial charge in [-0.1, -0.05) is 44.2 Å². The molecule has 2 aromatic carbocycles. The van der Waals surface area contributed by atoms with Gasteiger partial charge < -0.3 is 15.0 Å². The summed E-state index contributed by atoms with van der Waals surface area (Å²) in [6.07, 6.45) is 1.50. The van der Waals surface area contributed by atoms with Crippen LogP contribution in [-0.2, 0) is 27.2 Å². The zero-order valence-electron chi connectivity index (χ0n) is 17.5. The van der Waals surface area contributed by atoms with Gasteiger partial charge in [0, 0.05) is 6.92 Å². The SMILES string of the molecule is CCOC(=O)c1ccccc1NC(=O)CN(C(C)=O)c1c(CC)cccc1CC. The first-order valence-corrected chi connectivity index (χ1v) is 9.87. The number of hydrogen-bond donors (Lipinski definition) is 1. The third kappa shape index (κ3) is 5.44. The monoisotopic (exact) mass is 396 g/mol. The molecule has 0 atom stereocenters. The molecular formula is C23H28N2O4. The minimum atomic E-state index is -0.503. The van der Waals surface area contributed by atoms with Crippen molar-refractivity contribution in [2.45, 2.75) is 40.5 Å². The highest BCUT2D eigenvalue weighted by Gasteiger charge is 2.22. The zero-order valence-corrected chi connectivity index (χ0v) is 17.5. The number of hydrogen-bond acceptors (Lipinski definition) is 4. The van der Waals surface area contributed by atoms with E-state index in [1.807, 2.05) is 32.0 Å². The van der Waals surface area contributed by atoms with Crippen molar-refractivity contribution in [3.05, 3.63) is 59.2 Å². The summed E-state index contributed by atoms with van der Waals surface area (Å²) in [7, 11) is 0. The zero-order chi connectivity index (χ0) is 21.4. The van der Waals surface area contributed by atoms with Crippen LogP contribution in [0.5, 0.6) is 0 Å². The Bertz CT molecular complexity index is 870. The highest BCUT2D eigenvalue weighted by Crippen LogP contribution is 2.27. The molecule has 6 nitrogen and oxygen atoms in total. The van der Waals surface area contributed by atoms with Crippen LogP contribution in [0.3, 0.4) is 0 Å². The maximum absolute atomic E-state index is 12.8. The molecular weight excluding hydrogens is 368 g/mol. The number of amides is 2. The van der Waals surface area contributed by atoms with E-state index in [-0.39, 0.29) is 30.5 Å². The van der Waals surface area contributed by atoms with Crippen molar-refractivity contribution in [2.24, 2.45) is 0 Å². The first kappa shape index (κ1) is 22.1. The van der Waals surface area contributed by atoms with Crippen molar-refractivity contribution < 1.29 is 19.1 Å². The highest BCUT2D eigenvalue weighted by molar-refractivity contribution is 6.05. The number of carbonyl (C=O) groups excluding carboxylic acids is 3. The Hall–Kier alpha value is -3.15. The van der Waals surface area contributed by atoms with Gasteiger partial charge in [-0.15, -0.1) is 0 Å². The Balaban J connectivity index is 2.30. The highest BCUT2D eigenvalue weighted by atomic mass is 16.5. The number of anilines is 2. The predicted octanol–water partition coefficient (Wildman–Crippen LogP) is 3.98. The van der Waals surface area contributed by atoms with Crippen LogP contribution < -0.4 is 10.2 Å². The Morgan fingerprint density at radius 2 is 1.55 bits per heavy atom. The Morgan fingerprint density at radius 3 is 2.10 bits per heavy atom. The smallest absolute Gasteiger partial charge is 0.340 e. The van der Waals surface area contributed by atoms with Gasteiger partial charge in [0.1, 0.15) is 6.54 Å². The molecule has 6 heteroatoms. The number of aryl methyl sites for hydroxylation is 2. The number of ether oxygens (including phenoxy) is 1. The van der Waals surface area contributed by atoms with Crippen molar-refractivity contribution >= 4 is 29.2 Å². The van der Waals surface area contributed by atoms with Crippen LogP contribution in [-0.4, -0.2) is 30.9 Å². The van der Waals surface area contributed by atoms with Gasteiger partial charge in [-0.25, -0.2) is 4.79 Å². The molecule has 0 heterocycles. The van der Waals surface area contributed by atoms with E-state index in [2.05, 4.69) is 5.32 Å². The summed E-state index contributed by atoms with van der Waals surface area (Å²) < 4.78 is 5.04. The summed E-state index contributed by atoms with van der Waals surface area (Å²) in [5, 5.41) is 2.75. The largest absolute Gasteiger partial charge is 0.462 e. The van der Waals surface area contributed by atoms with E-state index in [1.165, 1.54) is 11.8 Å². The normalized spacial score (nSPS) is 10.3. The van der Waals surface area contributed by atoms with Gasteiger partial charge in [-0.3, -0.25) is 9.59 Å². The lowest BCUT2D eigenvalue weighted by Gasteiger charge is -2.26. The maximum atomic E-state index is 12.8. The Morgan fingerprint density at radius 1 is 0.931 bits per heavy atom. The molecule has 0 saturated carbocycles. The van der Waals surface area contributed by atoms with Crippen molar-refractivity contribution in [1.82, 2.24) is 0 Å².